The van der Waals surface area contributed by atoms with E-state index in [0.29, 0.717) is 31.2 Å². The van der Waals surface area contributed by atoms with Crippen molar-refractivity contribution < 1.29 is 23.8 Å². The van der Waals surface area contributed by atoms with Crippen molar-refractivity contribution in [1.29, 1.82) is 0 Å². The van der Waals surface area contributed by atoms with Gasteiger partial charge in [-0.25, -0.2) is 9.18 Å². The number of benzene rings is 1. The number of ether oxygens (including phenoxy) is 1. The fourth-order valence-electron chi connectivity index (χ4n) is 3.60. The molecule has 1 saturated carbocycles. The number of halogens is 1. The first kappa shape index (κ1) is 20.7. The largest absolute Gasteiger partial charge is 0.465 e. The molecular weight excluding hydrogens is 379 g/mol. The van der Waals surface area contributed by atoms with Crippen LogP contribution in [-0.2, 0) is 4.74 Å². The number of hydrogen-bond donors (Lipinski definition) is 2. The minimum absolute atomic E-state index is 0.0175. The highest BCUT2D eigenvalue weighted by molar-refractivity contribution is 6.05. The Morgan fingerprint density at radius 2 is 1.90 bits per heavy atom. The van der Waals surface area contributed by atoms with Gasteiger partial charge in [-0.2, -0.15) is 0 Å². The van der Waals surface area contributed by atoms with Gasteiger partial charge in [0.25, 0.3) is 11.5 Å². The van der Waals surface area contributed by atoms with E-state index in [-0.39, 0.29) is 29.0 Å². The summed E-state index contributed by atoms with van der Waals surface area (Å²) in [6.45, 7) is 1.66. The lowest BCUT2D eigenvalue weighted by molar-refractivity contribution is 0.0595. The molecule has 1 aromatic carbocycles. The van der Waals surface area contributed by atoms with Crippen molar-refractivity contribution in [3.63, 3.8) is 0 Å². The number of rotatable bonds is 4. The van der Waals surface area contributed by atoms with Crippen molar-refractivity contribution >= 4 is 17.6 Å². The van der Waals surface area contributed by atoms with Crippen LogP contribution in [0.25, 0.3) is 0 Å². The second kappa shape index (κ2) is 8.57. The molecule has 0 aliphatic heterocycles. The molecule has 1 fully saturated rings. The number of amides is 1. The Morgan fingerprint density at radius 3 is 2.52 bits per heavy atom. The van der Waals surface area contributed by atoms with Crippen LogP contribution in [0.1, 0.15) is 58.0 Å². The zero-order valence-corrected chi connectivity index (χ0v) is 16.3. The molecule has 0 spiro atoms. The SMILES string of the molecule is COC(=O)c1ccc(NC(=O)c2c(C)ccn(C3CCC(O)CC3)c2=O)cc1F. The number of pyridine rings is 1. The predicted octanol–water partition coefficient (Wildman–Crippen LogP) is 2.81. The fourth-order valence-corrected chi connectivity index (χ4v) is 3.60. The highest BCUT2D eigenvalue weighted by atomic mass is 19.1. The van der Waals surface area contributed by atoms with Gasteiger partial charge in [0.1, 0.15) is 11.4 Å². The summed E-state index contributed by atoms with van der Waals surface area (Å²) in [5.41, 5.74) is -0.0590. The number of aliphatic hydroxyl groups excluding tert-OH is 1. The predicted molar refractivity (Wildman–Crippen MR) is 105 cm³/mol. The van der Waals surface area contributed by atoms with Gasteiger partial charge in [-0.15, -0.1) is 0 Å². The molecule has 3 rings (SSSR count). The maximum atomic E-state index is 14.1. The van der Waals surface area contributed by atoms with E-state index in [1.807, 2.05) is 0 Å². The smallest absolute Gasteiger partial charge is 0.340 e. The lowest BCUT2D eigenvalue weighted by atomic mass is 9.92. The van der Waals surface area contributed by atoms with Crippen LogP contribution >= 0.6 is 0 Å². The summed E-state index contributed by atoms with van der Waals surface area (Å²) < 4.78 is 20.1. The maximum absolute atomic E-state index is 14.1. The molecule has 1 aliphatic rings. The van der Waals surface area contributed by atoms with E-state index in [4.69, 9.17) is 0 Å². The van der Waals surface area contributed by atoms with E-state index in [1.54, 1.807) is 19.2 Å². The van der Waals surface area contributed by atoms with Crippen LogP contribution in [0.15, 0.2) is 35.3 Å². The molecule has 1 heterocycles. The number of nitrogens with zero attached hydrogens (tertiary/aromatic N) is 1. The van der Waals surface area contributed by atoms with Crippen molar-refractivity contribution in [1.82, 2.24) is 4.57 Å². The summed E-state index contributed by atoms with van der Waals surface area (Å²) >= 11 is 0. The molecule has 2 aromatic rings. The third-order valence-electron chi connectivity index (χ3n) is 5.25. The van der Waals surface area contributed by atoms with Crippen molar-refractivity contribution in [3.05, 3.63) is 63.3 Å². The Balaban J connectivity index is 1.86. The van der Waals surface area contributed by atoms with Crippen LogP contribution < -0.4 is 10.9 Å². The van der Waals surface area contributed by atoms with Crippen LogP contribution in [0.4, 0.5) is 10.1 Å². The van der Waals surface area contributed by atoms with Gasteiger partial charge in [0.2, 0.25) is 0 Å². The molecule has 0 radical (unpaired) electrons. The first-order valence-corrected chi connectivity index (χ1v) is 9.40. The monoisotopic (exact) mass is 402 g/mol. The molecular formula is C21H23FN2O5. The van der Waals surface area contributed by atoms with Crippen LogP contribution in [-0.4, -0.2) is 34.8 Å². The van der Waals surface area contributed by atoms with Gasteiger partial charge in [-0.05, 0) is 62.4 Å². The molecule has 2 N–H and O–H groups in total. The number of aliphatic hydroxyl groups is 1. The number of methoxy groups -OCH3 is 1. The summed E-state index contributed by atoms with van der Waals surface area (Å²) in [4.78, 5) is 37.2. The maximum Gasteiger partial charge on any atom is 0.340 e. The summed E-state index contributed by atoms with van der Waals surface area (Å²) in [6.07, 6.45) is 3.85. The number of esters is 1. The Morgan fingerprint density at radius 1 is 1.21 bits per heavy atom. The van der Waals surface area contributed by atoms with E-state index >= 15 is 0 Å². The second-order valence-electron chi connectivity index (χ2n) is 7.19. The molecule has 0 bridgehead atoms. The van der Waals surface area contributed by atoms with Gasteiger partial charge in [-0.3, -0.25) is 9.59 Å². The van der Waals surface area contributed by atoms with E-state index in [9.17, 15) is 23.9 Å². The zero-order valence-electron chi connectivity index (χ0n) is 16.3. The van der Waals surface area contributed by atoms with Crippen LogP contribution in [0.5, 0.6) is 0 Å². The lowest BCUT2D eigenvalue weighted by Crippen LogP contribution is -2.34. The normalized spacial score (nSPS) is 18.9. The third-order valence-corrected chi connectivity index (χ3v) is 5.25. The minimum atomic E-state index is -0.836. The lowest BCUT2D eigenvalue weighted by Gasteiger charge is -2.27. The number of hydrogen-bond acceptors (Lipinski definition) is 5. The zero-order chi connectivity index (χ0) is 21.1. The third kappa shape index (κ3) is 4.37. The number of anilines is 1. The fraction of sp³-hybridized carbons (Fsp3) is 0.381. The van der Waals surface area contributed by atoms with Crippen molar-refractivity contribution in [2.45, 2.75) is 44.8 Å². The molecule has 0 unspecified atom stereocenters. The molecule has 0 atom stereocenters. The van der Waals surface area contributed by atoms with Gasteiger partial charge in [0.15, 0.2) is 0 Å². The molecule has 29 heavy (non-hydrogen) atoms. The van der Waals surface area contributed by atoms with E-state index < -0.39 is 23.3 Å². The van der Waals surface area contributed by atoms with E-state index in [1.165, 1.54) is 16.7 Å². The molecule has 154 valence electrons. The number of nitrogens with one attached hydrogen (secondary N) is 1. The molecule has 7 nitrogen and oxygen atoms in total. The van der Waals surface area contributed by atoms with Crippen molar-refractivity contribution in [2.75, 3.05) is 12.4 Å². The summed E-state index contributed by atoms with van der Waals surface area (Å²) in [5.74, 6) is -2.31. The van der Waals surface area contributed by atoms with Crippen molar-refractivity contribution in [2.24, 2.45) is 0 Å². The van der Waals surface area contributed by atoms with Gasteiger partial charge < -0.3 is 19.7 Å². The molecule has 1 aromatic heterocycles. The summed E-state index contributed by atoms with van der Waals surface area (Å²) in [6, 6.07) is 5.20. The van der Waals surface area contributed by atoms with Crippen LogP contribution in [0.2, 0.25) is 0 Å². The summed E-state index contributed by atoms with van der Waals surface area (Å²) in [7, 11) is 1.15. The van der Waals surface area contributed by atoms with Crippen molar-refractivity contribution in [3.8, 4) is 0 Å². The summed E-state index contributed by atoms with van der Waals surface area (Å²) in [5, 5.41) is 12.2. The first-order valence-electron chi connectivity index (χ1n) is 9.40. The Kier molecular flexibility index (Phi) is 6.12. The van der Waals surface area contributed by atoms with Gasteiger partial charge in [-0.1, -0.05) is 0 Å². The number of carbonyl (C=O) groups excluding carboxylic acids is 2. The topological polar surface area (TPSA) is 97.6 Å². The number of carbonyl (C=O) groups is 2. The Labute approximate surface area is 167 Å². The molecule has 8 heteroatoms. The minimum Gasteiger partial charge on any atom is -0.465 e. The average Bonchev–Trinajstić information content (AvgIpc) is 2.68. The molecule has 1 amide bonds. The van der Waals surface area contributed by atoms with Crippen LogP contribution in [0, 0.1) is 12.7 Å². The van der Waals surface area contributed by atoms with E-state index in [0.717, 1.165) is 13.2 Å². The highest BCUT2D eigenvalue weighted by Gasteiger charge is 2.24. The second-order valence-corrected chi connectivity index (χ2v) is 7.19. The molecule has 1 aliphatic carbocycles. The van der Waals surface area contributed by atoms with Gasteiger partial charge >= 0.3 is 5.97 Å². The number of aryl methyl sites for hydroxylation is 1. The number of aromatic nitrogens is 1. The quantitative estimate of drug-likeness (QED) is 0.767. The molecule has 0 saturated heterocycles. The van der Waals surface area contributed by atoms with Crippen LogP contribution in [0.3, 0.4) is 0 Å². The Hall–Kier alpha value is -3.00. The first-order chi connectivity index (χ1) is 13.8. The van der Waals surface area contributed by atoms with Gasteiger partial charge in [0.05, 0.1) is 18.8 Å². The average molecular weight is 402 g/mol. The van der Waals surface area contributed by atoms with Gasteiger partial charge in [0, 0.05) is 17.9 Å². The van der Waals surface area contributed by atoms with E-state index in [2.05, 4.69) is 10.1 Å². The Bertz CT molecular complexity index is 993. The standard InChI is InChI=1S/C21H23FN2O5/c1-12-9-10-24(14-4-6-15(25)7-5-14)20(27)18(12)19(26)23-13-3-8-16(17(22)11-13)21(28)29-2/h3,8-11,14-15,25H,4-7H2,1-2H3,(H,23,26). The highest BCUT2D eigenvalue weighted by Crippen LogP contribution is 2.27.